The number of methoxy groups -OCH3 is 1. The molecule has 0 aliphatic carbocycles. The Kier molecular flexibility index (Phi) is 5.95. The fourth-order valence-corrected chi connectivity index (χ4v) is 4.55. The van der Waals surface area contributed by atoms with Gasteiger partial charge in [-0.2, -0.15) is 4.31 Å². The standard InChI is InChI=1S/C19H20F2N2O4S/c1-27-15-3-5-16(6-4-15)28(25,26)23-10-8-13(9-11-23)19(24)22-18-7-2-14(20)12-17(18)21/h2-7,12-13H,8-11H2,1H3,(H,22,24). The van der Waals surface area contributed by atoms with Gasteiger partial charge in [0.15, 0.2) is 0 Å². The molecule has 9 heteroatoms. The van der Waals surface area contributed by atoms with Crippen LogP contribution in [0.25, 0.3) is 0 Å². The van der Waals surface area contributed by atoms with Gasteiger partial charge in [-0.1, -0.05) is 0 Å². The predicted octanol–water partition coefficient (Wildman–Crippen LogP) is 3.01. The van der Waals surface area contributed by atoms with E-state index in [1.54, 1.807) is 12.1 Å². The van der Waals surface area contributed by atoms with Crippen LogP contribution in [0.5, 0.6) is 5.75 Å². The van der Waals surface area contributed by atoms with Crippen molar-refractivity contribution < 1.29 is 26.7 Å². The van der Waals surface area contributed by atoms with Crippen LogP contribution in [0.3, 0.4) is 0 Å². The SMILES string of the molecule is COc1ccc(S(=O)(=O)N2CCC(C(=O)Nc3ccc(F)cc3F)CC2)cc1. The van der Waals surface area contributed by atoms with Crippen LogP contribution in [0.1, 0.15) is 12.8 Å². The molecule has 2 aromatic carbocycles. The number of nitrogens with one attached hydrogen (secondary N) is 1. The summed E-state index contributed by atoms with van der Waals surface area (Å²) in [6.45, 7) is 0.358. The molecule has 1 amide bonds. The quantitative estimate of drug-likeness (QED) is 0.822. The lowest BCUT2D eigenvalue weighted by Gasteiger charge is -2.30. The number of hydrogen-bond acceptors (Lipinski definition) is 4. The Morgan fingerprint density at radius 1 is 1.11 bits per heavy atom. The fourth-order valence-electron chi connectivity index (χ4n) is 3.08. The molecule has 0 unspecified atom stereocenters. The molecule has 0 atom stereocenters. The maximum atomic E-state index is 13.7. The minimum atomic E-state index is -3.66. The zero-order valence-corrected chi connectivity index (χ0v) is 16.0. The number of sulfonamides is 1. The smallest absolute Gasteiger partial charge is 0.243 e. The molecule has 1 aliphatic heterocycles. The van der Waals surface area contributed by atoms with Crippen molar-refractivity contribution in [2.75, 3.05) is 25.5 Å². The Labute approximate surface area is 162 Å². The second-order valence-electron chi connectivity index (χ2n) is 6.47. The summed E-state index contributed by atoms with van der Waals surface area (Å²) in [5.74, 6) is -1.89. The van der Waals surface area contributed by atoms with Crippen LogP contribution in [-0.2, 0) is 14.8 Å². The van der Waals surface area contributed by atoms with Crippen molar-refractivity contribution in [1.82, 2.24) is 4.31 Å². The van der Waals surface area contributed by atoms with Crippen molar-refractivity contribution in [3.8, 4) is 5.75 Å². The summed E-state index contributed by atoms with van der Waals surface area (Å²) in [5, 5.41) is 2.44. The van der Waals surface area contributed by atoms with Gasteiger partial charge >= 0.3 is 0 Å². The van der Waals surface area contributed by atoms with Crippen LogP contribution in [0.2, 0.25) is 0 Å². The van der Waals surface area contributed by atoms with Crippen LogP contribution in [-0.4, -0.2) is 38.8 Å². The van der Waals surface area contributed by atoms with Crippen molar-refractivity contribution in [2.45, 2.75) is 17.7 Å². The van der Waals surface area contributed by atoms with Crippen molar-refractivity contribution >= 4 is 21.6 Å². The largest absolute Gasteiger partial charge is 0.497 e. The molecule has 150 valence electrons. The summed E-state index contributed by atoms with van der Waals surface area (Å²) < 4.78 is 58.5. The minimum Gasteiger partial charge on any atom is -0.497 e. The second kappa shape index (κ2) is 8.24. The van der Waals surface area contributed by atoms with Crippen molar-refractivity contribution in [2.24, 2.45) is 5.92 Å². The summed E-state index contributed by atoms with van der Waals surface area (Å²) in [7, 11) is -2.16. The molecule has 0 aromatic heterocycles. The van der Waals surface area contributed by atoms with Crippen molar-refractivity contribution in [1.29, 1.82) is 0 Å². The van der Waals surface area contributed by atoms with Crippen LogP contribution in [0, 0.1) is 17.6 Å². The summed E-state index contributed by atoms with van der Waals surface area (Å²) in [6.07, 6.45) is 0.619. The Balaban J connectivity index is 1.62. The van der Waals surface area contributed by atoms with Crippen LogP contribution in [0.4, 0.5) is 14.5 Å². The number of carbonyl (C=O) groups is 1. The van der Waals surface area contributed by atoms with E-state index in [4.69, 9.17) is 4.74 Å². The van der Waals surface area contributed by atoms with Crippen LogP contribution < -0.4 is 10.1 Å². The highest BCUT2D eigenvalue weighted by Gasteiger charge is 2.32. The van der Waals surface area contributed by atoms with Crippen LogP contribution in [0.15, 0.2) is 47.4 Å². The van der Waals surface area contributed by atoms with E-state index in [2.05, 4.69) is 5.32 Å². The van der Waals surface area contributed by atoms with E-state index in [1.807, 2.05) is 0 Å². The summed E-state index contributed by atoms with van der Waals surface area (Å²) in [4.78, 5) is 12.5. The number of nitrogens with zero attached hydrogens (tertiary/aromatic N) is 1. The molecule has 1 aliphatic rings. The van der Waals surface area contributed by atoms with E-state index < -0.39 is 33.5 Å². The Morgan fingerprint density at radius 2 is 1.75 bits per heavy atom. The van der Waals surface area contributed by atoms with E-state index in [0.29, 0.717) is 24.7 Å². The lowest BCUT2D eigenvalue weighted by atomic mass is 9.97. The van der Waals surface area contributed by atoms with E-state index in [0.717, 1.165) is 12.1 Å². The first-order chi connectivity index (χ1) is 13.3. The number of anilines is 1. The molecule has 1 heterocycles. The maximum Gasteiger partial charge on any atom is 0.243 e. The normalized spacial score (nSPS) is 16.0. The molecule has 28 heavy (non-hydrogen) atoms. The van der Waals surface area contributed by atoms with Gasteiger partial charge in [-0.25, -0.2) is 17.2 Å². The minimum absolute atomic E-state index is 0.0975. The van der Waals surface area contributed by atoms with Gasteiger partial charge in [0.1, 0.15) is 17.4 Å². The molecular weight excluding hydrogens is 390 g/mol. The Morgan fingerprint density at radius 3 is 2.32 bits per heavy atom. The fraction of sp³-hybridized carbons (Fsp3) is 0.316. The summed E-state index contributed by atoms with van der Waals surface area (Å²) in [5.41, 5.74) is -0.0975. The number of halogens is 2. The molecule has 3 rings (SSSR count). The molecular formula is C19H20F2N2O4S. The molecule has 2 aromatic rings. The summed E-state index contributed by atoms with van der Waals surface area (Å²) in [6, 6.07) is 9.01. The zero-order chi connectivity index (χ0) is 20.3. The van der Waals surface area contributed by atoms with Crippen molar-refractivity contribution in [3.05, 3.63) is 54.1 Å². The Bertz CT molecular complexity index is 956. The summed E-state index contributed by atoms with van der Waals surface area (Å²) >= 11 is 0. The predicted molar refractivity (Wildman–Crippen MR) is 99.5 cm³/mol. The number of carbonyl (C=O) groups excluding carboxylic acids is 1. The molecule has 1 saturated heterocycles. The lowest BCUT2D eigenvalue weighted by molar-refractivity contribution is -0.120. The molecule has 1 fully saturated rings. The number of piperidine rings is 1. The average Bonchev–Trinajstić information content (AvgIpc) is 2.70. The van der Waals surface area contributed by atoms with E-state index in [1.165, 1.54) is 23.5 Å². The van der Waals surface area contributed by atoms with Gasteiger partial charge < -0.3 is 10.1 Å². The lowest BCUT2D eigenvalue weighted by Crippen LogP contribution is -2.41. The van der Waals surface area contributed by atoms with Gasteiger partial charge in [0.05, 0.1) is 17.7 Å². The molecule has 0 bridgehead atoms. The first kappa shape index (κ1) is 20.2. The third-order valence-electron chi connectivity index (χ3n) is 4.71. The van der Waals surface area contributed by atoms with Crippen molar-refractivity contribution in [3.63, 3.8) is 0 Å². The highest BCUT2D eigenvalue weighted by molar-refractivity contribution is 7.89. The van der Waals surface area contributed by atoms with Gasteiger partial charge in [-0.05, 0) is 49.2 Å². The van der Waals surface area contributed by atoms with Crippen LogP contribution >= 0.6 is 0 Å². The molecule has 0 radical (unpaired) electrons. The van der Waals surface area contributed by atoms with E-state index >= 15 is 0 Å². The number of amides is 1. The molecule has 0 spiro atoms. The highest BCUT2D eigenvalue weighted by Crippen LogP contribution is 2.26. The van der Waals surface area contributed by atoms with E-state index in [9.17, 15) is 22.0 Å². The number of hydrogen-bond donors (Lipinski definition) is 1. The average molecular weight is 410 g/mol. The van der Waals surface area contributed by atoms with Gasteiger partial charge in [0, 0.05) is 25.1 Å². The van der Waals surface area contributed by atoms with Gasteiger partial charge in [-0.3, -0.25) is 4.79 Å². The highest BCUT2D eigenvalue weighted by atomic mass is 32.2. The first-order valence-electron chi connectivity index (χ1n) is 8.71. The number of benzene rings is 2. The molecule has 1 N–H and O–H groups in total. The van der Waals surface area contributed by atoms with Gasteiger partial charge in [0.2, 0.25) is 15.9 Å². The molecule has 0 saturated carbocycles. The third kappa shape index (κ3) is 4.31. The first-order valence-corrected chi connectivity index (χ1v) is 10.2. The monoisotopic (exact) mass is 410 g/mol. The molecule has 6 nitrogen and oxygen atoms in total. The third-order valence-corrected chi connectivity index (χ3v) is 6.62. The topological polar surface area (TPSA) is 75.7 Å². The maximum absolute atomic E-state index is 13.7. The van der Waals surface area contributed by atoms with E-state index in [-0.39, 0.29) is 23.7 Å². The number of rotatable bonds is 5. The zero-order valence-electron chi connectivity index (χ0n) is 15.2. The number of ether oxygens (including phenoxy) is 1. The van der Waals surface area contributed by atoms with Gasteiger partial charge in [-0.15, -0.1) is 0 Å². The Hall–Kier alpha value is -2.52. The van der Waals surface area contributed by atoms with Gasteiger partial charge in [0.25, 0.3) is 0 Å². The second-order valence-corrected chi connectivity index (χ2v) is 8.41.